The summed E-state index contributed by atoms with van der Waals surface area (Å²) in [6.07, 6.45) is 6.88. The molecule has 62 valence electrons. The molecule has 0 aliphatic heterocycles. The summed E-state index contributed by atoms with van der Waals surface area (Å²) in [5.74, 6) is 2.60. The Morgan fingerprint density at radius 2 is 2.36 bits per heavy atom. The van der Waals surface area contributed by atoms with Gasteiger partial charge in [0.2, 0.25) is 0 Å². The molecule has 0 fully saturated rings. The fourth-order valence-corrected chi connectivity index (χ4v) is 0.864. The van der Waals surface area contributed by atoms with Gasteiger partial charge >= 0.3 is 0 Å². The Kier molecular flexibility index (Phi) is 5.58. The van der Waals surface area contributed by atoms with E-state index in [-0.39, 0.29) is 0 Å². The standard InChI is InChI=1S/C8H14N2S/c1-4-6-7(5-2)10-8(11)9-3/h1,7H,5-6H2,2-3H3,(H2,9,10,11). The minimum atomic E-state index is 0.306. The SMILES string of the molecule is C#CCC(CC)NC(=S)NC. The van der Waals surface area contributed by atoms with Crippen molar-refractivity contribution >= 4 is 17.3 Å². The summed E-state index contributed by atoms with van der Waals surface area (Å²) in [6.45, 7) is 2.08. The highest BCUT2D eigenvalue weighted by molar-refractivity contribution is 7.80. The van der Waals surface area contributed by atoms with Gasteiger partial charge in [-0.15, -0.1) is 12.3 Å². The summed E-state index contributed by atoms with van der Waals surface area (Å²) in [7, 11) is 1.79. The minimum Gasteiger partial charge on any atom is -0.366 e. The third-order valence-electron chi connectivity index (χ3n) is 1.42. The van der Waals surface area contributed by atoms with Crippen molar-refractivity contribution < 1.29 is 0 Å². The molecule has 0 amide bonds. The van der Waals surface area contributed by atoms with Crippen LogP contribution >= 0.6 is 12.2 Å². The van der Waals surface area contributed by atoms with Gasteiger partial charge < -0.3 is 10.6 Å². The minimum absolute atomic E-state index is 0.306. The fraction of sp³-hybridized carbons (Fsp3) is 0.625. The first-order chi connectivity index (χ1) is 5.24. The molecule has 2 N–H and O–H groups in total. The topological polar surface area (TPSA) is 24.1 Å². The van der Waals surface area contributed by atoms with Crippen molar-refractivity contribution in [3.8, 4) is 12.3 Å². The summed E-state index contributed by atoms with van der Waals surface area (Å²) >= 11 is 4.92. The van der Waals surface area contributed by atoms with Gasteiger partial charge in [0.25, 0.3) is 0 Å². The molecule has 0 aromatic rings. The highest BCUT2D eigenvalue weighted by Gasteiger charge is 2.03. The van der Waals surface area contributed by atoms with E-state index in [0.29, 0.717) is 11.2 Å². The van der Waals surface area contributed by atoms with Gasteiger partial charge in [-0.1, -0.05) is 6.92 Å². The van der Waals surface area contributed by atoms with E-state index in [1.807, 2.05) is 0 Å². The average molecular weight is 170 g/mol. The number of nitrogens with one attached hydrogen (secondary N) is 2. The normalized spacial score (nSPS) is 11.4. The second kappa shape index (κ2) is 5.99. The summed E-state index contributed by atoms with van der Waals surface area (Å²) in [6, 6.07) is 0.306. The predicted octanol–water partition coefficient (Wildman–Crippen LogP) is 0.882. The summed E-state index contributed by atoms with van der Waals surface area (Å²) < 4.78 is 0. The Morgan fingerprint density at radius 3 is 2.73 bits per heavy atom. The Hall–Kier alpha value is -0.750. The van der Waals surface area contributed by atoms with Gasteiger partial charge in [0.15, 0.2) is 5.11 Å². The van der Waals surface area contributed by atoms with Crippen molar-refractivity contribution in [2.24, 2.45) is 0 Å². The average Bonchev–Trinajstić information content (AvgIpc) is 2.03. The number of rotatable bonds is 3. The molecule has 0 bridgehead atoms. The van der Waals surface area contributed by atoms with E-state index in [9.17, 15) is 0 Å². The number of thiocarbonyl (C=S) groups is 1. The van der Waals surface area contributed by atoms with E-state index in [1.165, 1.54) is 0 Å². The second-order valence-corrected chi connectivity index (χ2v) is 2.65. The Labute approximate surface area is 73.8 Å². The highest BCUT2D eigenvalue weighted by Crippen LogP contribution is 1.94. The molecular weight excluding hydrogens is 156 g/mol. The van der Waals surface area contributed by atoms with Crippen LogP contribution in [0.3, 0.4) is 0 Å². The summed E-state index contributed by atoms with van der Waals surface area (Å²) in [5, 5.41) is 6.59. The molecule has 1 atom stereocenters. The molecule has 0 radical (unpaired) electrons. The van der Waals surface area contributed by atoms with E-state index in [2.05, 4.69) is 23.5 Å². The fourth-order valence-electron chi connectivity index (χ4n) is 0.697. The summed E-state index contributed by atoms with van der Waals surface area (Å²) in [5.41, 5.74) is 0. The molecule has 2 nitrogen and oxygen atoms in total. The van der Waals surface area contributed by atoms with Crippen LogP contribution < -0.4 is 10.6 Å². The maximum atomic E-state index is 5.17. The van der Waals surface area contributed by atoms with Gasteiger partial charge in [0.1, 0.15) is 0 Å². The molecule has 0 saturated carbocycles. The zero-order valence-electron chi connectivity index (χ0n) is 6.98. The monoisotopic (exact) mass is 170 g/mol. The van der Waals surface area contributed by atoms with Crippen LogP contribution in [0, 0.1) is 12.3 Å². The van der Waals surface area contributed by atoms with Crippen molar-refractivity contribution in [1.82, 2.24) is 10.6 Å². The Morgan fingerprint density at radius 1 is 1.73 bits per heavy atom. The molecule has 0 aromatic heterocycles. The number of terminal acetylenes is 1. The molecule has 0 aromatic carbocycles. The molecule has 1 unspecified atom stereocenters. The summed E-state index contributed by atoms with van der Waals surface area (Å²) in [4.78, 5) is 0. The van der Waals surface area contributed by atoms with E-state index in [1.54, 1.807) is 7.05 Å². The van der Waals surface area contributed by atoms with Gasteiger partial charge in [-0.05, 0) is 18.6 Å². The number of hydrogen-bond acceptors (Lipinski definition) is 1. The van der Waals surface area contributed by atoms with E-state index in [0.717, 1.165) is 12.8 Å². The lowest BCUT2D eigenvalue weighted by molar-refractivity contribution is 0.600. The van der Waals surface area contributed by atoms with Crippen molar-refractivity contribution in [2.75, 3.05) is 7.05 Å². The molecule has 0 spiro atoms. The van der Waals surface area contributed by atoms with Gasteiger partial charge in [-0.3, -0.25) is 0 Å². The van der Waals surface area contributed by atoms with Crippen LogP contribution in [-0.2, 0) is 0 Å². The largest absolute Gasteiger partial charge is 0.366 e. The molecular formula is C8H14N2S. The highest BCUT2D eigenvalue weighted by atomic mass is 32.1. The predicted molar refractivity (Wildman–Crippen MR) is 52.3 cm³/mol. The molecule has 3 heteroatoms. The van der Waals surface area contributed by atoms with Crippen molar-refractivity contribution in [3.05, 3.63) is 0 Å². The van der Waals surface area contributed by atoms with Gasteiger partial charge in [-0.2, -0.15) is 0 Å². The van der Waals surface area contributed by atoms with Crippen LogP contribution in [0.1, 0.15) is 19.8 Å². The van der Waals surface area contributed by atoms with Gasteiger partial charge in [0, 0.05) is 19.5 Å². The Balaban J connectivity index is 3.70. The lowest BCUT2D eigenvalue weighted by Gasteiger charge is -2.15. The van der Waals surface area contributed by atoms with E-state index < -0.39 is 0 Å². The Bertz CT molecular complexity index is 160. The van der Waals surface area contributed by atoms with Crippen LogP contribution in [0.2, 0.25) is 0 Å². The maximum absolute atomic E-state index is 5.17. The molecule has 0 heterocycles. The zero-order valence-corrected chi connectivity index (χ0v) is 7.79. The number of hydrogen-bond donors (Lipinski definition) is 2. The first-order valence-corrected chi connectivity index (χ1v) is 4.07. The molecule has 11 heavy (non-hydrogen) atoms. The molecule has 0 rings (SSSR count). The zero-order chi connectivity index (χ0) is 8.69. The second-order valence-electron chi connectivity index (χ2n) is 2.24. The van der Waals surface area contributed by atoms with E-state index in [4.69, 9.17) is 18.6 Å². The smallest absolute Gasteiger partial charge is 0.166 e. The quantitative estimate of drug-likeness (QED) is 0.486. The van der Waals surface area contributed by atoms with E-state index >= 15 is 0 Å². The first-order valence-electron chi connectivity index (χ1n) is 3.66. The van der Waals surface area contributed by atoms with Crippen LogP contribution in [0.4, 0.5) is 0 Å². The van der Waals surface area contributed by atoms with Crippen LogP contribution in [0.25, 0.3) is 0 Å². The molecule has 0 aliphatic rings. The van der Waals surface area contributed by atoms with Crippen molar-refractivity contribution in [1.29, 1.82) is 0 Å². The van der Waals surface area contributed by atoms with Crippen LogP contribution in [0.5, 0.6) is 0 Å². The first kappa shape index (κ1) is 10.2. The van der Waals surface area contributed by atoms with Crippen molar-refractivity contribution in [2.45, 2.75) is 25.8 Å². The van der Waals surface area contributed by atoms with Gasteiger partial charge in [0.05, 0.1) is 0 Å². The lowest BCUT2D eigenvalue weighted by atomic mass is 10.2. The molecule has 0 saturated heterocycles. The van der Waals surface area contributed by atoms with Crippen molar-refractivity contribution in [3.63, 3.8) is 0 Å². The van der Waals surface area contributed by atoms with Gasteiger partial charge in [-0.25, -0.2) is 0 Å². The maximum Gasteiger partial charge on any atom is 0.166 e. The lowest BCUT2D eigenvalue weighted by Crippen LogP contribution is -2.39. The third kappa shape index (κ3) is 4.63. The third-order valence-corrected chi connectivity index (χ3v) is 1.74. The van der Waals surface area contributed by atoms with Crippen LogP contribution in [-0.4, -0.2) is 18.2 Å². The van der Waals surface area contributed by atoms with Crippen LogP contribution in [0.15, 0.2) is 0 Å². The molecule has 0 aliphatic carbocycles.